The minimum Gasteiger partial charge on any atom is -0.486 e. The van der Waals surface area contributed by atoms with Gasteiger partial charge in [-0.25, -0.2) is 4.98 Å². The Bertz CT molecular complexity index is 1120. The summed E-state index contributed by atoms with van der Waals surface area (Å²) < 4.78 is 7.91. The molecule has 0 aliphatic rings. The van der Waals surface area contributed by atoms with Crippen LogP contribution in [0.5, 0.6) is 5.75 Å². The maximum Gasteiger partial charge on any atom is 0.226 e. The Labute approximate surface area is 184 Å². The number of carbonyl (C=O) groups is 1. The van der Waals surface area contributed by atoms with E-state index in [9.17, 15) is 4.79 Å². The van der Waals surface area contributed by atoms with Crippen LogP contribution in [0.2, 0.25) is 5.02 Å². The van der Waals surface area contributed by atoms with E-state index in [1.165, 1.54) is 22.2 Å². The van der Waals surface area contributed by atoms with Crippen LogP contribution >= 0.6 is 22.9 Å². The summed E-state index contributed by atoms with van der Waals surface area (Å²) in [4.78, 5) is 16.7. The number of nitrogens with zero attached hydrogens (tertiary/aromatic N) is 2. The molecule has 1 amide bonds. The fraction of sp³-hybridized carbons (Fsp3) is 0.217. The van der Waals surface area contributed by atoms with E-state index in [1.807, 2.05) is 29.6 Å². The molecule has 0 fully saturated rings. The van der Waals surface area contributed by atoms with Crippen LogP contribution in [-0.2, 0) is 24.4 Å². The predicted molar refractivity (Wildman–Crippen MR) is 121 cm³/mol. The number of ether oxygens (including phenoxy) is 1. The van der Waals surface area contributed by atoms with Gasteiger partial charge in [0.2, 0.25) is 5.91 Å². The van der Waals surface area contributed by atoms with E-state index >= 15 is 0 Å². The molecule has 154 valence electrons. The maximum atomic E-state index is 12.2. The number of amides is 1. The molecule has 0 aliphatic heterocycles. The largest absolute Gasteiger partial charge is 0.486 e. The number of nitrogens with one attached hydrogen (secondary N) is 1. The smallest absolute Gasteiger partial charge is 0.226 e. The predicted octanol–water partition coefficient (Wildman–Crippen LogP) is 5.08. The number of thiazole rings is 1. The molecule has 2 aromatic heterocycles. The zero-order chi connectivity index (χ0) is 20.8. The number of hydrogen-bond donors (Lipinski definition) is 1. The van der Waals surface area contributed by atoms with E-state index < -0.39 is 0 Å². The summed E-state index contributed by atoms with van der Waals surface area (Å²) in [7, 11) is 0. The Morgan fingerprint density at radius 2 is 1.97 bits per heavy atom. The molecule has 4 rings (SSSR count). The minimum atomic E-state index is -0.0113. The van der Waals surface area contributed by atoms with Crippen molar-refractivity contribution in [2.24, 2.45) is 0 Å². The van der Waals surface area contributed by atoms with Gasteiger partial charge in [-0.3, -0.25) is 4.79 Å². The highest BCUT2D eigenvalue weighted by molar-refractivity contribution is 7.09. The topological polar surface area (TPSA) is 56.1 Å². The first-order valence-electron chi connectivity index (χ1n) is 9.79. The number of para-hydroxylation sites is 1. The number of fused-ring (bicyclic) bond motifs is 1. The van der Waals surface area contributed by atoms with Crippen LogP contribution in [0, 0.1) is 0 Å². The highest BCUT2D eigenvalue weighted by atomic mass is 35.5. The van der Waals surface area contributed by atoms with Gasteiger partial charge in [0.25, 0.3) is 0 Å². The lowest BCUT2D eigenvalue weighted by molar-refractivity contribution is -0.120. The summed E-state index contributed by atoms with van der Waals surface area (Å²) in [5.74, 6) is 0.729. The van der Waals surface area contributed by atoms with Crippen LogP contribution in [0.15, 0.2) is 66.2 Å². The monoisotopic (exact) mass is 439 g/mol. The summed E-state index contributed by atoms with van der Waals surface area (Å²) in [5.41, 5.74) is 1.99. The summed E-state index contributed by atoms with van der Waals surface area (Å²) in [6.45, 7) is 1.89. The molecule has 2 heterocycles. The highest BCUT2D eigenvalue weighted by Gasteiger charge is 2.08. The summed E-state index contributed by atoms with van der Waals surface area (Å²) in [5, 5.41) is 7.64. The summed E-state index contributed by atoms with van der Waals surface area (Å²) in [6.07, 6.45) is 3.25. The van der Waals surface area contributed by atoms with Crippen molar-refractivity contribution < 1.29 is 9.53 Å². The first-order chi connectivity index (χ1) is 14.7. The third-order valence-electron chi connectivity index (χ3n) is 4.70. The van der Waals surface area contributed by atoms with E-state index in [4.69, 9.17) is 16.3 Å². The van der Waals surface area contributed by atoms with Crippen LogP contribution < -0.4 is 10.1 Å². The standard InChI is InChI=1S/C23H22ClN3O2S/c24-18-6-8-20(9-7-18)29-15-23-26-19(16-30-23)14-22(28)25-11-3-12-27-13-10-17-4-1-2-5-21(17)27/h1-2,4-10,13,16H,3,11-12,14-15H2,(H,25,28). The van der Waals surface area contributed by atoms with Gasteiger partial charge in [0.15, 0.2) is 0 Å². The molecule has 0 bridgehead atoms. The Morgan fingerprint density at radius 1 is 1.13 bits per heavy atom. The quantitative estimate of drug-likeness (QED) is 0.370. The van der Waals surface area contributed by atoms with E-state index in [0.717, 1.165) is 29.4 Å². The lowest BCUT2D eigenvalue weighted by atomic mass is 10.2. The van der Waals surface area contributed by atoms with Crippen LogP contribution in [0.4, 0.5) is 0 Å². The van der Waals surface area contributed by atoms with Crippen molar-refractivity contribution in [1.82, 2.24) is 14.9 Å². The van der Waals surface area contributed by atoms with Gasteiger partial charge < -0.3 is 14.6 Å². The third-order valence-corrected chi connectivity index (χ3v) is 5.82. The minimum absolute atomic E-state index is 0.0113. The molecule has 7 heteroatoms. The molecule has 1 N–H and O–H groups in total. The summed E-state index contributed by atoms with van der Waals surface area (Å²) >= 11 is 7.37. The van der Waals surface area contributed by atoms with Crippen LogP contribution in [0.3, 0.4) is 0 Å². The van der Waals surface area contributed by atoms with Gasteiger partial charge in [-0.1, -0.05) is 29.8 Å². The zero-order valence-corrected chi connectivity index (χ0v) is 18.0. The fourth-order valence-corrected chi connectivity index (χ4v) is 4.04. The third kappa shape index (κ3) is 5.40. The number of aromatic nitrogens is 2. The maximum absolute atomic E-state index is 12.2. The number of aryl methyl sites for hydroxylation is 1. The van der Waals surface area contributed by atoms with Crippen molar-refractivity contribution >= 4 is 39.7 Å². The molecular weight excluding hydrogens is 418 g/mol. The summed E-state index contributed by atoms with van der Waals surface area (Å²) in [6, 6.07) is 17.6. The molecule has 0 radical (unpaired) electrons. The SMILES string of the molecule is O=C(Cc1csc(COc2ccc(Cl)cc2)n1)NCCCn1ccc2ccccc21. The van der Waals surface area contributed by atoms with Gasteiger partial charge in [0.1, 0.15) is 17.4 Å². The van der Waals surface area contributed by atoms with Crippen LogP contribution in [-0.4, -0.2) is 22.0 Å². The van der Waals surface area contributed by atoms with Gasteiger partial charge in [-0.05, 0) is 48.2 Å². The normalized spacial score (nSPS) is 11.0. The van der Waals surface area contributed by atoms with Gasteiger partial charge in [-0.2, -0.15) is 0 Å². The van der Waals surface area contributed by atoms with Crippen LogP contribution in [0.25, 0.3) is 10.9 Å². The van der Waals surface area contributed by atoms with Crippen LogP contribution in [0.1, 0.15) is 17.1 Å². The van der Waals surface area contributed by atoms with Gasteiger partial charge in [-0.15, -0.1) is 11.3 Å². The molecule has 0 atom stereocenters. The molecule has 0 aliphatic carbocycles. The second-order valence-electron chi connectivity index (χ2n) is 6.92. The number of benzene rings is 2. The molecule has 30 heavy (non-hydrogen) atoms. The van der Waals surface area contributed by atoms with E-state index in [1.54, 1.807) is 12.1 Å². The molecule has 2 aromatic carbocycles. The number of carbonyl (C=O) groups excluding carboxylic acids is 1. The Balaban J connectivity index is 1.18. The zero-order valence-electron chi connectivity index (χ0n) is 16.4. The molecule has 4 aromatic rings. The molecule has 5 nitrogen and oxygen atoms in total. The molecule has 0 spiro atoms. The van der Waals surface area contributed by atoms with Crippen molar-refractivity contribution in [3.63, 3.8) is 0 Å². The highest BCUT2D eigenvalue weighted by Crippen LogP contribution is 2.18. The second kappa shape index (κ2) is 9.78. The van der Waals surface area contributed by atoms with Gasteiger partial charge >= 0.3 is 0 Å². The second-order valence-corrected chi connectivity index (χ2v) is 8.30. The first kappa shape index (κ1) is 20.4. The van der Waals surface area contributed by atoms with Crippen molar-refractivity contribution in [1.29, 1.82) is 0 Å². The average Bonchev–Trinajstić information content (AvgIpc) is 3.38. The van der Waals surface area contributed by atoms with Crippen molar-refractivity contribution in [3.8, 4) is 5.75 Å². The number of halogens is 1. The lowest BCUT2D eigenvalue weighted by Gasteiger charge is -2.07. The van der Waals surface area contributed by atoms with Gasteiger partial charge in [0, 0.05) is 35.2 Å². The van der Waals surface area contributed by atoms with E-state index in [-0.39, 0.29) is 12.3 Å². The molecule has 0 saturated carbocycles. The molecule has 0 saturated heterocycles. The van der Waals surface area contributed by atoms with Crippen molar-refractivity contribution in [2.75, 3.05) is 6.54 Å². The van der Waals surface area contributed by atoms with Gasteiger partial charge in [0.05, 0.1) is 12.1 Å². The Morgan fingerprint density at radius 3 is 2.83 bits per heavy atom. The number of rotatable bonds is 9. The molecular formula is C23H22ClN3O2S. The van der Waals surface area contributed by atoms with Crippen molar-refractivity contribution in [3.05, 3.63) is 81.9 Å². The Hall–Kier alpha value is -2.83. The lowest BCUT2D eigenvalue weighted by Crippen LogP contribution is -2.26. The number of hydrogen-bond acceptors (Lipinski definition) is 4. The van der Waals surface area contributed by atoms with E-state index in [2.05, 4.69) is 39.3 Å². The molecule has 0 unspecified atom stereocenters. The first-order valence-corrected chi connectivity index (χ1v) is 11.1. The van der Waals surface area contributed by atoms with Crippen molar-refractivity contribution in [2.45, 2.75) is 26.0 Å². The Kier molecular flexibility index (Phi) is 6.67. The van der Waals surface area contributed by atoms with E-state index in [0.29, 0.717) is 18.2 Å². The fourth-order valence-electron chi connectivity index (χ4n) is 3.21. The average molecular weight is 440 g/mol.